The second-order valence-electron chi connectivity index (χ2n) is 4.92. The Kier molecular flexibility index (Phi) is 5.54. The first-order chi connectivity index (χ1) is 9.64. The van der Waals surface area contributed by atoms with E-state index >= 15 is 0 Å². The summed E-state index contributed by atoms with van der Waals surface area (Å²) < 4.78 is 28.5. The maximum Gasteiger partial charge on any atom is 0.282 e. The van der Waals surface area contributed by atoms with E-state index in [4.69, 9.17) is 0 Å². The summed E-state index contributed by atoms with van der Waals surface area (Å²) in [5.41, 5.74) is 1.02. The van der Waals surface area contributed by atoms with E-state index in [9.17, 15) is 8.42 Å². The van der Waals surface area contributed by atoms with Crippen LogP contribution in [-0.2, 0) is 16.8 Å². The average Bonchev–Trinajstić information content (AvgIpc) is 2.75. The van der Waals surface area contributed by atoms with Gasteiger partial charge in [-0.1, -0.05) is 37.3 Å². The van der Waals surface area contributed by atoms with E-state index in [1.165, 1.54) is 0 Å². The van der Waals surface area contributed by atoms with E-state index in [0.717, 1.165) is 25.1 Å². The standard InChI is InChI=1S/C14H23N3O2S/c1-2-16(13-14-7-4-3-5-8-14)20(18,19)17-11-6-9-15-10-12-17/h3-5,7-8,15H,2,6,9-13H2,1H3. The SMILES string of the molecule is CCN(Cc1ccccc1)S(=O)(=O)N1CCCNCC1. The molecule has 112 valence electrons. The molecule has 0 bridgehead atoms. The van der Waals surface area contributed by atoms with E-state index in [2.05, 4.69) is 5.32 Å². The Balaban J connectivity index is 2.12. The van der Waals surface area contributed by atoms with Crippen molar-refractivity contribution in [1.29, 1.82) is 0 Å². The van der Waals surface area contributed by atoms with Crippen LogP contribution in [0.4, 0.5) is 0 Å². The fourth-order valence-corrected chi connectivity index (χ4v) is 4.01. The smallest absolute Gasteiger partial charge is 0.282 e. The molecule has 1 aliphatic rings. The molecule has 1 aromatic carbocycles. The Labute approximate surface area is 121 Å². The summed E-state index contributed by atoms with van der Waals surface area (Å²) in [6, 6.07) is 9.73. The minimum absolute atomic E-state index is 0.434. The molecule has 0 aromatic heterocycles. The number of nitrogens with zero attached hydrogens (tertiary/aromatic N) is 2. The molecule has 0 radical (unpaired) electrons. The summed E-state index contributed by atoms with van der Waals surface area (Å²) in [7, 11) is -3.37. The molecule has 1 aliphatic heterocycles. The molecule has 0 atom stereocenters. The number of hydrogen-bond acceptors (Lipinski definition) is 3. The minimum Gasteiger partial charge on any atom is -0.315 e. The number of nitrogens with one attached hydrogen (secondary N) is 1. The van der Waals surface area contributed by atoms with Crippen LogP contribution in [0.25, 0.3) is 0 Å². The maximum atomic E-state index is 12.7. The molecule has 6 heteroatoms. The van der Waals surface area contributed by atoms with Crippen molar-refractivity contribution in [3.8, 4) is 0 Å². The number of benzene rings is 1. The summed E-state index contributed by atoms with van der Waals surface area (Å²) in [5.74, 6) is 0. The van der Waals surface area contributed by atoms with Crippen molar-refractivity contribution in [3.05, 3.63) is 35.9 Å². The predicted octanol–water partition coefficient (Wildman–Crippen LogP) is 1.05. The van der Waals surface area contributed by atoms with Gasteiger partial charge in [-0.2, -0.15) is 17.0 Å². The Hall–Kier alpha value is -0.950. The molecule has 1 aromatic rings. The quantitative estimate of drug-likeness (QED) is 0.884. The zero-order chi connectivity index (χ0) is 14.4. The summed E-state index contributed by atoms with van der Waals surface area (Å²) >= 11 is 0. The molecule has 0 amide bonds. The zero-order valence-corrected chi connectivity index (χ0v) is 12.8. The molecule has 0 saturated carbocycles. The lowest BCUT2D eigenvalue weighted by Crippen LogP contribution is -2.44. The molecule has 0 spiro atoms. The van der Waals surface area contributed by atoms with E-state index in [0.29, 0.717) is 26.2 Å². The van der Waals surface area contributed by atoms with E-state index < -0.39 is 10.2 Å². The van der Waals surface area contributed by atoms with Crippen molar-refractivity contribution in [3.63, 3.8) is 0 Å². The fourth-order valence-electron chi connectivity index (χ4n) is 2.36. The normalized spacial score (nSPS) is 18.1. The highest BCUT2D eigenvalue weighted by Crippen LogP contribution is 2.14. The molecule has 5 nitrogen and oxygen atoms in total. The fraction of sp³-hybridized carbons (Fsp3) is 0.571. The van der Waals surface area contributed by atoms with Crippen molar-refractivity contribution in [2.24, 2.45) is 0 Å². The van der Waals surface area contributed by atoms with Gasteiger partial charge in [0.2, 0.25) is 0 Å². The molecule has 2 rings (SSSR count). The average molecular weight is 297 g/mol. The first kappa shape index (κ1) is 15.4. The Morgan fingerprint density at radius 1 is 1.20 bits per heavy atom. The molecule has 1 N–H and O–H groups in total. The van der Waals surface area contributed by atoms with E-state index in [1.54, 1.807) is 8.61 Å². The molecule has 0 unspecified atom stereocenters. The summed E-state index contributed by atoms with van der Waals surface area (Å²) in [6.07, 6.45) is 0.863. The largest absolute Gasteiger partial charge is 0.315 e. The third-order valence-corrected chi connectivity index (χ3v) is 5.56. The van der Waals surface area contributed by atoms with E-state index in [-0.39, 0.29) is 0 Å². The van der Waals surface area contributed by atoms with Gasteiger partial charge < -0.3 is 5.32 Å². The van der Waals surface area contributed by atoms with Gasteiger partial charge in [0.15, 0.2) is 0 Å². The van der Waals surface area contributed by atoms with Crippen molar-refractivity contribution < 1.29 is 8.42 Å². The Morgan fingerprint density at radius 3 is 2.65 bits per heavy atom. The Bertz CT molecular complexity index is 496. The van der Waals surface area contributed by atoms with Gasteiger partial charge in [0.05, 0.1) is 0 Å². The van der Waals surface area contributed by atoms with Crippen molar-refractivity contribution in [2.75, 3.05) is 32.7 Å². The topological polar surface area (TPSA) is 52.7 Å². The summed E-state index contributed by atoms with van der Waals surface area (Å²) in [5, 5.41) is 3.23. The molecule has 0 aliphatic carbocycles. The van der Waals surface area contributed by atoms with E-state index in [1.807, 2.05) is 37.3 Å². The Morgan fingerprint density at radius 2 is 1.95 bits per heavy atom. The van der Waals surface area contributed by atoms with Gasteiger partial charge in [-0.3, -0.25) is 0 Å². The van der Waals surface area contributed by atoms with Crippen LogP contribution in [0, 0.1) is 0 Å². The number of rotatable bonds is 5. The van der Waals surface area contributed by atoms with Crippen molar-refractivity contribution in [1.82, 2.24) is 13.9 Å². The highest BCUT2D eigenvalue weighted by Gasteiger charge is 2.28. The van der Waals surface area contributed by atoms with Gasteiger partial charge in [0.25, 0.3) is 10.2 Å². The highest BCUT2D eigenvalue weighted by molar-refractivity contribution is 7.86. The molecule has 1 saturated heterocycles. The first-order valence-corrected chi connectivity index (χ1v) is 8.54. The molecular weight excluding hydrogens is 274 g/mol. The van der Waals surface area contributed by atoms with Crippen LogP contribution in [0.3, 0.4) is 0 Å². The second kappa shape index (κ2) is 7.17. The maximum absolute atomic E-state index is 12.7. The highest BCUT2D eigenvalue weighted by atomic mass is 32.2. The minimum atomic E-state index is -3.37. The predicted molar refractivity (Wildman–Crippen MR) is 80.5 cm³/mol. The van der Waals surface area contributed by atoms with Crippen LogP contribution in [-0.4, -0.2) is 49.8 Å². The lowest BCUT2D eigenvalue weighted by atomic mass is 10.2. The lowest BCUT2D eigenvalue weighted by molar-refractivity contribution is 0.347. The molecule has 20 heavy (non-hydrogen) atoms. The van der Waals surface area contributed by atoms with Crippen LogP contribution in [0.5, 0.6) is 0 Å². The van der Waals surface area contributed by atoms with Gasteiger partial charge in [-0.25, -0.2) is 0 Å². The van der Waals surface area contributed by atoms with Gasteiger partial charge in [0, 0.05) is 32.7 Å². The number of hydrogen-bond donors (Lipinski definition) is 1. The zero-order valence-electron chi connectivity index (χ0n) is 12.0. The second-order valence-corrected chi connectivity index (χ2v) is 6.85. The van der Waals surface area contributed by atoms with Crippen LogP contribution in [0.1, 0.15) is 18.9 Å². The molecule has 1 fully saturated rings. The van der Waals surface area contributed by atoms with Gasteiger partial charge in [0.1, 0.15) is 0 Å². The third-order valence-electron chi connectivity index (χ3n) is 3.51. The van der Waals surface area contributed by atoms with Crippen LogP contribution < -0.4 is 5.32 Å². The van der Waals surface area contributed by atoms with Gasteiger partial charge in [-0.05, 0) is 18.5 Å². The van der Waals surface area contributed by atoms with Crippen LogP contribution in [0.2, 0.25) is 0 Å². The van der Waals surface area contributed by atoms with Crippen LogP contribution in [0.15, 0.2) is 30.3 Å². The molecule has 1 heterocycles. The van der Waals surface area contributed by atoms with Crippen molar-refractivity contribution in [2.45, 2.75) is 19.9 Å². The van der Waals surface area contributed by atoms with Crippen LogP contribution >= 0.6 is 0 Å². The summed E-state index contributed by atoms with van der Waals surface area (Å²) in [4.78, 5) is 0. The first-order valence-electron chi connectivity index (χ1n) is 7.14. The third kappa shape index (κ3) is 3.79. The summed E-state index contributed by atoms with van der Waals surface area (Å²) in [6.45, 7) is 5.56. The van der Waals surface area contributed by atoms with Crippen molar-refractivity contribution >= 4 is 10.2 Å². The molecular formula is C14H23N3O2S. The van der Waals surface area contributed by atoms with Gasteiger partial charge >= 0.3 is 0 Å². The lowest BCUT2D eigenvalue weighted by Gasteiger charge is -2.28. The van der Waals surface area contributed by atoms with Gasteiger partial charge in [-0.15, -0.1) is 0 Å². The monoisotopic (exact) mass is 297 g/mol.